The van der Waals surface area contributed by atoms with E-state index in [0.717, 1.165) is 61.2 Å². The molecule has 8 rings (SSSR count). The van der Waals surface area contributed by atoms with Gasteiger partial charge in [0.1, 0.15) is 11.5 Å². The predicted octanol–water partition coefficient (Wildman–Crippen LogP) is 6.93. The van der Waals surface area contributed by atoms with Gasteiger partial charge in [-0.3, -0.25) is 9.80 Å². The summed E-state index contributed by atoms with van der Waals surface area (Å²) in [5.74, 6) is 5.46. The van der Waals surface area contributed by atoms with E-state index in [2.05, 4.69) is 86.5 Å². The van der Waals surface area contributed by atoms with Crippen LogP contribution >= 0.6 is 0 Å². The first kappa shape index (κ1) is 51.4. The minimum absolute atomic E-state index is 0.604. The number of hydrogen-bond donors (Lipinski definition) is 0. The summed E-state index contributed by atoms with van der Waals surface area (Å²) in [6, 6.07) is 18.3. The maximum Gasteiger partial charge on any atom is 0.119 e. The third-order valence-corrected chi connectivity index (χ3v) is 14.4. The van der Waals surface area contributed by atoms with Gasteiger partial charge in [0.25, 0.3) is 0 Å². The Bertz CT molecular complexity index is 1780. The third kappa shape index (κ3) is 18.3. The summed E-state index contributed by atoms with van der Waals surface area (Å²) in [5.41, 5.74) is 5.99. The second kappa shape index (κ2) is 23.8. The molecular weight excluding hydrogens is 837 g/mol. The highest BCUT2D eigenvalue weighted by Gasteiger charge is 2.46. The molecule has 2 aromatic rings. The van der Waals surface area contributed by atoms with Crippen molar-refractivity contribution in [2.24, 2.45) is 23.7 Å². The van der Waals surface area contributed by atoms with E-state index in [1.54, 1.807) is 5.57 Å². The van der Waals surface area contributed by atoms with Crippen molar-refractivity contribution in [3.8, 4) is 11.5 Å². The van der Waals surface area contributed by atoms with Crippen LogP contribution < -0.4 is 9.47 Å². The molecule has 6 fully saturated rings. The van der Waals surface area contributed by atoms with Crippen molar-refractivity contribution in [3.63, 3.8) is 0 Å². The molecule has 0 spiro atoms. The quantitative estimate of drug-likeness (QED) is 0.0880. The lowest BCUT2D eigenvalue weighted by Gasteiger charge is -2.52. The zero-order valence-corrected chi connectivity index (χ0v) is 41.1. The van der Waals surface area contributed by atoms with Gasteiger partial charge in [0.2, 0.25) is 0 Å². The number of ether oxygens (including phenoxy) is 2. The second-order valence-electron chi connectivity index (χ2n) is 20.3. The fraction of sp³-hybridized carbons (Fsp3) is 0.714. The lowest BCUT2D eigenvalue weighted by molar-refractivity contribution is -0.913. The molecule has 14 heteroatoms. The molecule has 2 saturated heterocycles. The topological polar surface area (TPSA) is 139 Å². The number of unbranched alkanes of at least 4 members (excludes halogenated alkanes) is 6. The normalized spacial score (nSPS) is 24.2. The van der Waals surface area contributed by atoms with Crippen LogP contribution in [0.2, 0.25) is 0 Å². The van der Waals surface area contributed by atoms with Gasteiger partial charge < -0.3 is 27.5 Å². The first-order valence-electron chi connectivity index (χ1n) is 23.8. The molecule has 0 amide bonds. The molecule has 63 heavy (non-hydrogen) atoms. The zero-order valence-electron chi connectivity index (χ0n) is 39.5. The van der Waals surface area contributed by atoms with Crippen molar-refractivity contribution in [1.29, 1.82) is 0 Å². The Kier molecular flexibility index (Phi) is 19.4. The van der Waals surface area contributed by atoms with E-state index in [1.807, 2.05) is 0 Å². The van der Waals surface area contributed by atoms with E-state index < -0.39 is 20.2 Å². The van der Waals surface area contributed by atoms with E-state index in [0.29, 0.717) is 12.5 Å². The van der Waals surface area contributed by atoms with Gasteiger partial charge in [0.05, 0.1) is 86.8 Å². The highest BCUT2D eigenvalue weighted by Crippen LogP contribution is 2.58. The molecule has 0 N–H and O–H groups in total. The first-order chi connectivity index (χ1) is 29.7. The van der Waals surface area contributed by atoms with Crippen LogP contribution in [0.15, 0.2) is 54.1 Å². The monoisotopic (exact) mass is 917 g/mol. The Morgan fingerprint density at radius 2 is 0.873 bits per heavy atom. The molecule has 0 unspecified atom stereocenters. The molecule has 12 nitrogen and oxygen atoms in total. The van der Waals surface area contributed by atoms with Crippen LogP contribution in [0.5, 0.6) is 11.5 Å². The number of allylic oxidation sites excluding steroid dienone is 1. The summed E-state index contributed by atoms with van der Waals surface area (Å²) >= 11 is 0. The summed E-state index contributed by atoms with van der Waals surface area (Å²) in [6.07, 6.45) is 18.4. The molecule has 2 aromatic carbocycles. The molecule has 0 radical (unpaired) electrons. The minimum atomic E-state index is -3.92. The summed E-state index contributed by atoms with van der Waals surface area (Å²) in [5, 5.41) is 0. The van der Waals surface area contributed by atoms with Crippen molar-refractivity contribution < 1.29 is 44.4 Å². The van der Waals surface area contributed by atoms with Crippen LogP contribution in [0.3, 0.4) is 0 Å². The summed E-state index contributed by atoms with van der Waals surface area (Å²) < 4.78 is 69.5. The number of rotatable bonds is 18. The molecule has 6 aliphatic rings. The Labute approximate surface area is 381 Å². The maximum absolute atomic E-state index is 9.08. The zero-order chi connectivity index (χ0) is 45.7. The van der Waals surface area contributed by atoms with Crippen LogP contribution in [0, 0.1) is 23.7 Å². The van der Waals surface area contributed by atoms with E-state index in [4.69, 9.17) is 35.4 Å². The van der Waals surface area contributed by atoms with E-state index in [-0.39, 0.29) is 0 Å². The lowest BCUT2D eigenvalue weighted by Crippen LogP contribution is -2.56. The van der Waals surface area contributed by atoms with Gasteiger partial charge in [-0.1, -0.05) is 29.8 Å². The van der Waals surface area contributed by atoms with E-state index in [9.17, 15) is 0 Å². The van der Waals surface area contributed by atoms with Crippen LogP contribution in [0.25, 0.3) is 5.57 Å². The van der Waals surface area contributed by atoms with Crippen LogP contribution in [-0.2, 0) is 20.2 Å². The molecular formula is C49H80N4O8S2. The number of benzene rings is 2. The van der Waals surface area contributed by atoms with Gasteiger partial charge >= 0.3 is 0 Å². The SMILES string of the molecule is CN1CC[N+](C)(CCCCCCOc2ccc(C(=C3C4CC5CC(C4)CC3C5)c3ccc(OCCCCCC[N+]4(C)CCN(C)CC4)cc3)cc2)CC1.CS(=O)(=O)[O-].CS(=O)(=O)[O-]. The van der Waals surface area contributed by atoms with Crippen LogP contribution in [-0.4, -0.2) is 164 Å². The molecule has 4 aliphatic carbocycles. The highest BCUT2D eigenvalue weighted by atomic mass is 32.2. The summed E-state index contributed by atoms with van der Waals surface area (Å²) in [6.45, 7) is 14.4. The second-order valence-corrected chi connectivity index (χ2v) is 23.1. The Morgan fingerprint density at radius 1 is 0.556 bits per heavy atom. The number of nitrogens with zero attached hydrogens (tertiary/aromatic N) is 4. The number of hydrogen-bond acceptors (Lipinski definition) is 10. The van der Waals surface area contributed by atoms with E-state index >= 15 is 0 Å². The number of piperazine rings is 2. The van der Waals surface area contributed by atoms with Crippen LogP contribution in [0.1, 0.15) is 94.6 Å². The summed E-state index contributed by atoms with van der Waals surface area (Å²) in [4.78, 5) is 4.94. The minimum Gasteiger partial charge on any atom is -0.748 e. The average Bonchev–Trinajstić information content (AvgIpc) is 3.20. The van der Waals surface area contributed by atoms with Crippen molar-refractivity contribution >= 4 is 25.8 Å². The molecule has 2 aliphatic heterocycles. The van der Waals surface area contributed by atoms with Gasteiger partial charge in [0, 0.05) is 38.7 Å². The van der Waals surface area contributed by atoms with Gasteiger partial charge in [-0.25, -0.2) is 16.8 Å². The van der Waals surface area contributed by atoms with Gasteiger partial charge in [-0.05, 0) is 162 Å². The van der Waals surface area contributed by atoms with Crippen molar-refractivity contribution in [1.82, 2.24) is 9.80 Å². The Hall–Kier alpha value is -2.56. The molecule has 4 bridgehead atoms. The fourth-order valence-corrected chi connectivity index (χ4v) is 10.9. The fourth-order valence-electron chi connectivity index (χ4n) is 10.9. The van der Waals surface area contributed by atoms with Crippen LogP contribution in [0.4, 0.5) is 0 Å². The van der Waals surface area contributed by atoms with Crippen molar-refractivity contribution in [2.75, 3.05) is 119 Å². The lowest BCUT2D eigenvalue weighted by atomic mass is 9.53. The largest absolute Gasteiger partial charge is 0.748 e. The molecule has 4 saturated carbocycles. The third-order valence-electron chi connectivity index (χ3n) is 14.4. The summed E-state index contributed by atoms with van der Waals surface area (Å²) in [7, 11) is 1.58. The predicted molar refractivity (Wildman–Crippen MR) is 252 cm³/mol. The number of quaternary nitrogens is 2. The van der Waals surface area contributed by atoms with Gasteiger partial charge in [0.15, 0.2) is 0 Å². The van der Waals surface area contributed by atoms with Crippen molar-refractivity contribution in [2.45, 2.75) is 83.5 Å². The first-order valence-corrected chi connectivity index (χ1v) is 27.4. The molecule has 2 heterocycles. The smallest absolute Gasteiger partial charge is 0.119 e. The van der Waals surface area contributed by atoms with E-state index in [1.165, 1.54) is 162 Å². The maximum atomic E-state index is 9.08. The standard InChI is InChI=1S/C47H74N4O2.2CH4O3S/c1-48-21-27-50(3,28-22-48)25-9-5-7-11-31-52-44-17-13-40(14-18-44)46(47-42-34-38-33-39(36-42)37-43(47)35-38)41-15-19-45(20-16-41)53-32-12-8-6-10-26-51(4)29-23-49(2)24-30-51;2*1-5(2,3)4/h13-20,38-39,42-43H,5-12,21-37H2,1-4H3;2*1H3,(H,2,3,4)/q+2;;/p-2. The molecule has 0 aromatic heterocycles. The number of likely N-dealkylation sites (N-methyl/N-ethyl adjacent to an activating group) is 4. The van der Waals surface area contributed by atoms with Gasteiger partial charge in [-0.15, -0.1) is 0 Å². The average molecular weight is 917 g/mol. The molecule has 0 atom stereocenters. The Morgan fingerprint density at radius 3 is 1.21 bits per heavy atom. The highest BCUT2D eigenvalue weighted by molar-refractivity contribution is 7.85. The Balaban J connectivity index is 0.000000674. The molecule has 356 valence electrons. The van der Waals surface area contributed by atoms with Crippen molar-refractivity contribution in [3.05, 3.63) is 65.2 Å². The van der Waals surface area contributed by atoms with Gasteiger partial charge in [-0.2, -0.15) is 0 Å².